The van der Waals surface area contributed by atoms with Gasteiger partial charge in [0.2, 0.25) is 5.91 Å². The Hall–Kier alpha value is -1.35. The fourth-order valence-electron chi connectivity index (χ4n) is 3.68. The van der Waals surface area contributed by atoms with Crippen LogP contribution < -0.4 is 10.2 Å². The van der Waals surface area contributed by atoms with Gasteiger partial charge in [-0.2, -0.15) is 0 Å². The van der Waals surface area contributed by atoms with Gasteiger partial charge in [0.25, 0.3) is 0 Å². The van der Waals surface area contributed by atoms with Gasteiger partial charge in [0.1, 0.15) is 0 Å². The summed E-state index contributed by atoms with van der Waals surface area (Å²) in [4.78, 5) is 14.0. The second-order valence-electron chi connectivity index (χ2n) is 5.66. The summed E-state index contributed by atoms with van der Waals surface area (Å²) < 4.78 is 0. The van der Waals surface area contributed by atoms with Crippen LogP contribution >= 0.6 is 0 Å². The first-order chi connectivity index (χ1) is 8.83. The largest absolute Gasteiger partial charge is 0.312 e. The van der Waals surface area contributed by atoms with Crippen molar-refractivity contribution in [2.45, 2.75) is 38.1 Å². The molecule has 1 fully saturated rings. The van der Waals surface area contributed by atoms with Gasteiger partial charge in [-0.3, -0.25) is 4.79 Å². The highest BCUT2D eigenvalue weighted by molar-refractivity contribution is 6.02. The molecule has 0 aliphatic carbocycles. The fraction of sp³-hybridized carbons (Fsp3) is 0.533. The minimum absolute atomic E-state index is 0.294. The van der Waals surface area contributed by atoms with Crippen LogP contribution in [0.15, 0.2) is 12.1 Å². The first-order valence-corrected chi connectivity index (χ1v) is 7.02. The number of aryl methyl sites for hydroxylation is 1. The van der Waals surface area contributed by atoms with Crippen molar-refractivity contribution in [2.75, 3.05) is 18.0 Å². The predicted octanol–water partition coefficient (Wildman–Crippen LogP) is 1.95. The number of rotatable bonds is 1. The van der Waals surface area contributed by atoms with Crippen molar-refractivity contribution in [2.24, 2.45) is 0 Å². The summed E-state index contributed by atoms with van der Waals surface area (Å²) in [6.07, 6.45) is 5.35. The van der Waals surface area contributed by atoms with E-state index in [-0.39, 0.29) is 0 Å². The number of carbonyl (C=O) groups excluding carboxylic acids is 1. The Morgan fingerprint density at radius 3 is 2.94 bits per heavy atom. The average molecular weight is 242 g/mol. The van der Waals surface area contributed by atoms with Crippen molar-refractivity contribution < 1.29 is 4.79 Å². The van der Waals surface area contributed by atoms with Crippen LogP contribution in [-0.2, 0) is 17.6 Å². The Kier molecular flexibility index (Phi) is 2.24. The number of carbonyl (C=O) groups is 1. The molecule has 0 aromatic heterocycles. The van der Waals surface area contributed by atoms with Crippen molar-refractivity contribution in [1.29, 1.82) is 0 Å². The van der Waals surface area contributed by atoms with Crippen molar-refractivity contribution in [3.05, 3.63) is 28.8 Å². The van der Waals surface area contributed by atoms with E-state index in [9.17, 15) is 4.79 Å². The number of hydrogen-bond donors (Lipinski definition) is 1. The Balaban J connectivity index is 1.81. The first kappa shape index (κ1) is 10.6. The van der Waals surface area contributed by atoms with E-state index in [2.05, 4.69) is 17.4 Å². The minimum atomic E-state index is 0.294. The first-order valence-electron chi connectivity index (χ1n) is 7.02. The molecule has 0 saturated carbocycles. The van der Waals surface area contributed by atoms with Gasteiger partial charge in [-0.1, -0.05) is 12.1 Å². The van der Waals surface area contributed by atoms with Crippen LogP contribution in [0.25, 0.3) is 0 Å². The van der Waals surface area contributed by atoms with Gasteiger partial charge in [-0.25, -0.2) is 0 Å². The van der Waals surface area contributed by atoms with Crippen molar-refractivity contribution in [3.63, 3.8) is 0 Å². The Labute approximate surface area is 107 Å². The predicted molar refractivity (Wildman–Crippen MR) is 70.8 cm³/mol. The number of amides is 1. The van der Waals surface area contributed by atoms with Crippen molar-refractivity contribution in [1.82, 2.24) is 5.32 Å². The molecule has 0 spiro atoms. The zero-order valence-corrected chi connectivity index (χ0v) is 10.5. The molecule has 1 aromatic carbocycles. The maximum absolute atomic E-state index is 12.0. The molecular formula is C15H18N2O. The molecule has 4 rings (SSSR count). The standard InChI is InChI=1S/C15H18N2O/c18-14-9-12-8-11(13-4-1-5-16-13)7-10-3-2-6-17(14)15(10)12/h7-8,13,16H,1-6,9H2. The van der Waals surface area contributed by atoms with E-state index in [1.807, 2.05) is 4.90 Å². The van der Waals surface area contributed by atoms with Gasteiger partial charge in [0, 0.05) is 12.6 Å². The highest BCUT2D eigenvalue weighted by Crippen LogP contribution is 2.39. The lowest BCUT2D eigenvalue weighted by Crippen LogP contribution is -2.31. The summed E-state index contributed by atoms with van der Waals surface area (Å²) in [6.45, 7) is 2.04. The molecule has 1 amide bonds. The second-order valence-corrected chi connectivity index (χ2v) is 5.66. The molecule has 94 valence electrons. The van der Waals surface area contributed by atoms with E-state index in [0.29, 0.717) is 18.4 Å². The summed E-state index contributed by atoms with van der Waals surface area (Å²) in [5.74, 6) is 0.294. The summed E-state index contributed by atoms with van der Waals surface area (Å²) in [7, 11) is 0. The molecule has 1 aromatic rings. The molecule has 0 bridgehead atoms. The van der Waals surface area contributed by atoms with Crippen LogP contribution in [0.1, 0.15) is 42.0 Å². The smallest absolute Gasteiger partial charge is 0.231 e. The second kappa shape index (κ2) is 3.82. The van der Waals surface area contributed by atoms with E-state index in [1.54, 1.807) is 0 Å². The van der Waals surface area contributed by atoms with E-state index < -0.39 is 0 Å². The number of nitrogens with zero attached hydrogens (tertiary/aromatic N) is 1. The topological polar surface area (TPSA) is 32.3 Å². The third kappa shape index (κ3) is 1.43. The van der Waals surface area contributed by atoms with Crippen LogP contribution in [0.4, 0.5) is 5.69 Å². The summed E-state index contributed by atoms with van der Waals surface area (Å²) in [5.41, 5.74) is 5.31. The average Bonchev–Trinajstić information content (AvgIpc) is 3.00. The lowest BCUT2D eigenvalue weighted by Gasteiger charge is -2.26. The van der Waals surface area contributed by atoms with E-state index in [4.69, 9.17) is 0 Å². The number of hydrogen-bond acceptors (Lipinski definition) is 2. The van der Waals surface area contributed by atoms with Crippen LogP contribution in [0, 0.1) is 0 Å². The van der Waals surface area contributed by atoms with Crippen LogP contribution in [0.2, 0.25) is 0 Å². The molecule has 0 radical (unpaired) electrons. The molecule has 1 unspecified atom stereocenters. The molecule has 3 aliphatic heterocycles. The van der Waals surface area contributed by atoms with E-state index in [1.165, 1.54) is 35.2 Å². The van der Waals surface area contributed by atoms with Gasteiger partial charge in [-0.05, 0) is 48.9 Å². The van der Waals surface area contributed by atoms with Crippen molar-refractivity contribution in [3.8, 4) is 0 Å². The Morgan fingerprint density at radius 1 is 1.22 bits per heavy atom. The highest BCUT2D eigenvalue weighted by atomic mass is 16.2. The molecule has 18 heavy (non-hydrogen) atoms. The SMILES string of the molecule is O=C1Cc2cc(C3CCCN3)cc3c2N1CCC3. The van der Waals surface area contributed by atoms with Gasteiger partial charge >= 0.3 is 0 Å². The lowest BCUT2D eigenvalue weighted by atomic mass is 9.93. The quantitative estimate of drug-likeness (QED) is 0.816. The van der Waals surface area contributed by atoms with Gasteiger partial charge < -0.3 is 10.2 Å². The third-order valence-corrected chi connectivity index (χ3v) is 4.49. The molecular weight excluding hydrogens is 224 g/mol. The highest BCUT2D eigenvalue weighted by Gasteiger charge is 2.33. The maximum Gasteiger partial charge on any atom is 0.231 e. The molecule has 1 N–H and O–H groups in total. The summed E-state index contributed by atoms with van der Waals surface area (Å²) in [5, 5.41) is 3.56. The molecule has 1 atom stereocenters. The maximum atomic E-state index is 12.0. The van der Waals surface area contributed by atoms with Crippen LogP contribution in [0.3, 0.4) is 0 Å². The molecule has 3 heterocycles. The van der Waals surface area contributed by atoms with Gasteiger partial charge in [0.05, 0.1) is 12.1 Å². The van der Waals surface area contributed by atoms with E-state index >= 15 is 0 Å². The van der Waals surface area contributed by atoms with Gasteiger partial charge in [0.15, 0.2) is 0 Å². The monoisotopic (exact) mass is 242 g/mol. The number of benzene rings is 1. The van der Waals surface area contributed by atoms with Crippen LogP contribution in [0.5, 0.6) is 0 Å². The van der Waals surface area contributed by atoms with Crippen molar-refractivity contribution >= 4 is 11.6 Å². The fourth-order valence-corrected chi connectivity index (χ4v) is 3.68. The molecule has 1 saturated heterocycles. The Bertz CT molecular complexity index is 517. The minimum Gasteiger partial charge on any atom is -0.312 e. The molecule has 3 heteroatoms. The van der Waals surface area contributed by atoms with E-state index in [0.717, 1.165) is 25.9 Å². The van der Waals surface area contributed by atoms with Gasteiger partial charge in [-0.15, -0.1) is 0 Å². The zero-order chi connectivity index (χ0) is 12.1. The Morgan fingerprint density at radius 2 is 2.11 bits per heavy atom. The normalized spacial score (nSPS) is 25.7. The molecule has 3 nitrogen and oxygen atoms in total. The summed E-state index contributed by atoms with van der Waals surface area (Å²) >= 11 is 0. The number of anilines is 1. The molecule has 3 aliphatic rings. The third-order valence-electron chi connectivity index (χ3n) is 4.49. The lowest BCUT2D eigenvalue weighted by molar-refractivity contribution is -0.117. The zero-order valence-electron chi connectivity index (χ0n) is 10.5. The number of nitrogens with one attached hydrogen (secondary N) is 1. The summed E-state index contributed by atoms with van der Waals surface area (Å²) in [6, 6.07) is 5.12. The van der Waals surface area contributed by atoms with Crippen LogP contribution in [-0.4, -0.2) is 19.0 Å².